The number of rotatable bonds is 3. The van der Waals surface area contributed by atoms with Crippen molar-refractivity contribution in [3.63, 3.8) is 0 Å². The number of halogens is 1. The fraction of sp³-hybridized carbons (Fsp3) is 0.308. The van der Waals surface area contributed by atoms with Crippen molar-refractivity contribution in [3.05, 3.63) is 30.1 Å². The SMILES string of the molecule is Cn1c(S[C@H]2CCOC2=O)nnc1-c1ccc(F)cc1. The predicted octanol–water partition coefficient (Wildman–Crippen LogP) is 2.03. The zero-order chi connectivity index (χ0) is 14.1. The second-order valence-electron chi connectivity index (χ2n) is 4.43. The van der Waals surface area contributed by atoms with Gasteiger partial charge >= 0.3 is 5.97 Å². The smallest absolute Gasteiger partial charge is 0.319 e. The Kier molecular flexibility index (Phi) is 3.43. The molecule has 1 aromatic carbocycles. The van der Waals surface area contributed by atoms with Crippen LogP contribution >= 0.6 is 11.8 Å². The van der Waals surface area contributed by atoms with Crippen molar-refractivity contribution in [2.24, 2.45) is 7.05 Å². The molecule has 7 heteroatoms. The average molecular weight is 293 g/mol. The van der Waals surface area contributed by atoms with E-state index in [0.717, 1.165) is 5.56 Å². The Bertz CT molecular complexity index is 642. The Hall–Kier alpha value is -1.89. The van der Waals surface area contributed by atoms with Gasteiger partial charge in [0.25, 0.3) is 0 Å². The summed E-state index contributed by atoms with van der Waals surface area (Å²) in [6, 6.07) is 6.06. The van der Waals surface area contributed by atoms with Gasteiger partial charge in [-0.05, 0) is 24.3 Å². The number of cyclic esters (lactones) is 1. The van der Waals surface area contributed by atoms with Crippen molar-refractivity contribution in [3.8, 4) is 11.4 Å². The van der Waals surface area contributed by atoms with Crippen LogP contribution in [0.3, 0.4) is 0 Å². The quantitative estimate of drug-likeness (QED) is 0.810. The highest BCUT2D eigenvalue weighted by Crippen LogP contribution is 2.30. The van der Waals surface area contributed by atoms with E-state index < -0.39 is 0 Å². The molecule has 20 heavy (non-hydrogen) atoms. The molecule has 0 saturated carbocycles. The van der Waals surface area contributed by atoms with Crippen LogP contribution in [0, 0.1) is 5.82 Å². The van der Waals surface area contributed by atoms with Gasteiger partial charge in [-0.1, -0.05) is 11.8 Å². The minimum absolute atomic E-state index is 0.207. The van der Waals surface area contributed by atoms with E-state index in [2.05, 4.69) is 10.2 Å². The summed E-state index contributed by atoms with van der Waals surface area (Å²) in [5.74, 6) is 0.138. The molecule has 0 unspecified atom stereocenters. The van der Waals surface area contributed by atoms with Crippen molar-refractivity contribution in [1.82, 2.24) is 14.8 Å². The average Bonchev–Trinajstić information content (AvgIpc) is 3.00. The standard InChI is InChI=1S/C13H12FN3O2S/c1-17-11(8-2-4-9(14)5-3-8)15-16-13(17)20-10-6-7-19-12(10)18/h2-5,10H,6-7H2,1H3/t10-/m0/s1. The predicted molar refractivity (Wildman–Crippen MR) is 71.6 cm³/mol. The molecular weight excluding hydrogens is 281 g/mol. The molecule has 104 valence electrons. The van der Waals surface area contributed by atoms with Gasteiger partial charge < -0.3 is 9.30 Å². The lowest BCUT2D eigenvalue weighted by Crippen LogP contribution is -2.10. The highest BCUT2D eigenvalue weighted by Gasteiger charge is 2.29. The largest absolute Gasteiger partial charge is 0.465 e. The minimum Gasteiger partial charge on any atom is -0.465 e. The van der Waals surface area contributed by atoms with Crippen LogP contribution in [-0.4, -0.2) is 32.6 Å². The highest BCUT2D eigenvalue weighted by atomic mass is 32.2. The van der Waals surface area contributed by atoms with Crippen LogP contribution in [-0.2, 0) is 16.6 Å². The Balaban J connectivity index is 1.85. The summed E-state index contributed by atoms with van der Waals surface area (Å²) in [6.45, 7) is 0.458. The van der Waals surface area contributed by atoms with E-state index in [1.54, 1.807) is 16.7 Å². The molecule has 1 saturated heterocycles. The molecule has 3 rings (SSSR count). The molecule has 0 amide bonds. The lowest BCUT2D eigenvalue weighted by Gasteiger charge is -2.06. The summed E-state index contributed by atoms with van der Waals surface area (Å²) < 4.78 is 19.6. The molecule has 1 aliphatic rings. The fourth-order valence-electron chi connectivity index (χ4n) is 1.98. The molecule has 0 spiro atoms. The molecule has 2 aromatic rings. The van der Waals surface area contributed by atoms with Crippen LogP contribution in [0.5, 0.6) is 0 Å². The minimum atomic E-state index is -0.292. The third-order valence-electron chi connectivity index (χ3n) is 3.07. The first kappa shape index (κ1) is 13.1. The third-order valence-corrected chi connectivity index (χ3v) is 4.35. The van der Waals surface area contributed by atoms with Crippen LogP contribution < -0.4 is 0 Å². The Labute approximate surface area is 119 Å². The molecule has 1 atom stereocenters. The van der Waals surface area contributed by atoms with E-state index in [0.29, 0.717) is 24.0 Å². The van der Waals surface area contributed by atoms with E-state index in [4.69, 9.17) is 4.74 Å². The second kappa shape index (κ2) is 5.24. The first-order valence-corrected chi connectivity index (χ1v) is 7.02. The Morgan fingerprint density at radius 3 is 2.75 bits per heavy atom. The van der Waals surface area contributed by atoms with Gasteiger partial charge in [0.05, 0.1) is 6.61 Å². The van der Waals surface area contributed by atoms with Crippen molar-refractivity contribution < 1.29 is 13.9 Å². The molecule has 2 heterocycles. The molecule has 5 nitrogen and oxygen atoms in total. The van der Waals surface area contributed by atoms with Gasteiger partial charge in [0.2, 0.25) is 0 Å². The number of nitrogens with zero attached hydrogens (tertiary/aromatic N) is 3. The Morgan fingerprint density at radius 1 is 1.35 bits per heavy atom. The van der Waals surface area contributed by atoms with Crippen molar-refractivity contribution in [2.75, 3.05) is 6.61 Å². The topological polar surface area (TPSA) is 57.0 Å². The number of carbonyl (C=O) groups is 1. The van der Waals surface area contributed by atoms with Crippen molar-refractivity contribution in [2.45, 2.75) is 16.8 Å². The maximum Gasteiger partial charge on any atom is 0.319 e. The summed E-state index contributed by atoms with van der Waals surface area (Å²) in [5, 5.41) is 8.61. The number of esters is 1. The number of carbonyl (C=O) groups excluding carboxylic acids is 1. The van der Waals surface area contributed by atoms with E-state index in [1.165, 1.54) is 23.9 Å². The molecule has 0 radical (unpaired) electrons. The van der Waals surface area contributed by atoms with Gasteiger partial charge in [0.15, 0.2) is 11.0 Å². The molecule has 0 aliphatic carbocycles. The number of ether oxygens (including phenoxy) is 1. The summed E-state index contributed by atoms with van der Waals surface area (Å²) in [6.07, 6.45) is 0.683. The summed E-state index contributed by atoms with van der Waals surface area (Å²) >= 11 is 1.35. The summed E-state index contributed by atoms with van der Waals surface area (Å²) in [4.78, 5) is 11.5. The van der Waals surface area contributed by atoms with Gasteiger partial charge in [-0.25, -0.2) is 4.39 Å². The number of thioether (sulfide) groups is 1. The number of aromatic nitrogens is 3. The van der Waals surface area contributed by atoms with E-state index >= 15 is 0 Å². The molecule has 1 aliphatic heterocycles. The normalized spacial score (nSPS) is 18.3. The zero-order valence-corrected chi connectivity index (χ0v) is 11.6. The maximum absolute atomic E-state index is 12.9. The molecule has 1 fully saturated rings. The van der Waals surface area contributed by atoms with Gasteiger partial charge in [-0.2, -0.15) is 0 Å². The van der Waals surface area contributed by atoms with Crippen LogP contribution in [0.1, 0.15) is 6.42 Å². The molecule has 1 aromatic heterocycles. The van der Waals surface area contributed by atoms with Crippen LogP contribution in [0.15, 0.2) is 29.4 Å². The lowest BCUT2D eigenvalue weighted by atomic mass is 10.2. The monoisotopic (exact) mass is 293 g/mol. The van der Waals surface area contributed by atoms with E-state index in [9.17, 15) is 9.18 Å². The van der Waals surface area contributed by atoms with Crippen LogP contribution in [0.2, 0.25) is 0 Å². The van der Waals surface area contributed by atoms with Crippen LogP contribution in [0.4, 0.5) is 4.39 Å². The van der Waals surface area contributed by atoms with E-state index in [1.807, 2.05) is 7.05 Å². The zero-order valence-electron chi connectivity index (χ0n) is 10.7. The third kappa shape index (κ3) is 2.40. The van der Waals surface area contributed by atoms with Crippen molar-refractivity contribution >= 4 is 17.7 Å². The van der Waals surface area contributed by atoms with Gasteiger partial charge in [-0.3, -0.25) is 4.79 Å². The van der Waals surface area contributed by atoms with Gasteiger partial charge in [-0.15, -0.1) is 10.2 Å². The van der Waals surface area contributed by atoms with E-state index in [-0.39, 0.29) is 17.0 Å². The number of hydrogen-bond acceptors (Lipinski definition) is 5. The first-order chi connectivity index (χ1) is 9.65. The van der Waals surface area contributed by atoms with Gasteiger partial charge in [0, 0.05) is 19.0 Å². The first-order valence-electron chi connectivity index (χ1n) is 6.14. The highest BCUT2D eigenvalue weighted by molar-refractivity contribution is 8.00. The van der Waals surface area contributed by atoms with Gasteiger partial charge in [0.1, 0.15) is 11.1 Å². The Morgan fingerprint density at radius 2 is 2.10 bits per heavy atom. The second-order valence-corrected chi connectivity index (χ2v) is 5.60. The lowest BCUT2D eigenvalue weighted by molar-refractivity contribution is -0.137. The molecule has 0 N–H and O–H groups in total. The summed E-state index contributed by atoms with van der Waals surface area (Å²) in [7, 11) is 1.82. The summed E-state index contributed by atoms with van der Waals surface area (Å²) in [5.41, 5.74) is 0.780. The number of hydrogen-bond donors (Lipinski definition) is 0. The maximum atomic E-state index is 12.9. The van der Waals surface area contributed by atoms with Crippen LogP contribution in [0.25, 0.3) is 11.4 Å². The van der Waals surface area contributed by atoms with Crippen molar-refractivity contribution in [1.29, 1.82) is 0 Å². The number of benzene rings is 1. The molecule has 0 bridgehead atoms. The fourth-order valence-corrected chi connectivity index (χ4v) is 2.94. The molecular formula is C13H12FN3O2S.